The topological polar surface area (TPSA) is 129 Å². The van der Waals surface area contributed by atoms with Gasteiger partial charge in [-0.05, 0) is 86.3 Å². The van der Waals surface area contributed by atoms with Crippen molar-refractivity contribution in [1.82, 2.24) is 4.90 Å². The van der Waals surface area contributed by atoms with Crippen molar-refractivity contribution in [2.45, 2.75) is 93.1 Å². The summed E-state index contributed by atoms with van der Waals surface area (Å²) in [7, 11) is 3.09. The van der Waals surface area contributed by atoms with Crippen LogP contribution in [0.2, 0.25) is 0 Å². The lowest BCUT2D eigenvalue weighted by Gasteiger charge is -2.59. The second kappa shape index (κ2) is 20.0. The highest BCUT2D eigenvalue weighted by atomic mass is 32.2. The lowest BCUT2D eigenvalue weighted by Crippen LogP contribution is -2.69. The quantitative estimate of drug-likeness (QED) is 0.0634. The Morgan fingerprint density at radius 3 is 2.62 bits per heavy atom. The van der Waals surface area contributed by atoms with E-state index in [0.717, 1.165) is 73.3 Å². The molecule has 7 atom stereocenters. The van der Waals surface area contributed by atoms with Crippen LogP contribution in [0.15, 0.2) is 82.9 Å². The van der Waals surface area contributed by atoms with E-state index in [9.17, 15) is 15.0 Å². The number of ether oxygens (including phenoxy) is 5. The van der Waals surface area contributed by atoms with Crippen molar-refractivity contribution in [3.8, 4) is 11.5 Å². The summed E-state index contributed by atoms with van der Waals surface area (Å²) in [5.41, 5.74) is 2.71. The summed E-state index contributed by atoms with van der Waals surface area (Å²) in [5, 5.41) is 24.5. The van der Waals surface area contributed by atoms with Gasteiger partial charge in [0.2, 0.25) is 12.1 Å². The number of oxime groups is 1. The molecular weight excluding hydrogens is 721 g/mol. The van der Waals surface area contributed by atoms with E-state index in [0.29, 0.717) is 38.2 Å². The molecule has 1 amide bonds. The summed E-state index contributed by atoms with van der Waals surface area (Å²) in [4.78, 5) is 22.3. The largest absolute Gasteiger partial charge is 0.493 e. The van der Waals surface area contributed by atoms with Gasteiger partial charge in [0.15, 0.2) is 0 Å². The number of rotatable bonds is 19. The fraction of sp³-hybridized carbons (Fsp3) is 0.581. The molecule has 6 rings (SSSR count). The van der Waals surface area contributed by atoms with E-state index in [1.54, 1.807) is 29.8 Å². The number of fused-ring (bicyclic) bond motifs is 2. The van der Waals surface area contributed by atoms with Gasteiger partial charge in [0, 0.05) is 55.2 Å². The molecule has 2 heterocycles. The average molecular weight is 779 g/mol. The Bertz CT molecular complexity index is 1620. The van der Waals surface area contributed by atoms with Gasteiger partial charge in [0.25, 0.3) is 0 Å². The molecule has 2 aromatic carbocycles. The van der Waals surface area contributed by atoms with E-state index in [1.165, 1.54) is 12.0 Å². The molecule has 0 aromatic heterocycles. The van der Waals surface area contributed by atoms with Gasteiger partial charge in [-0.2, -0.15) is 0 Å². The average Bonchev–Trinajstić information content (AvgIpc) is 3.22. The molecule has 0 bridgehead atoms. The number of unbranched alkanes of at least 4 members (excludes halogenated alkanes) is 2. The Morgan fingerprint density at radius 1 is 1.09 bits per heavy atom. The molecule has 1 unspecified atom stereocenters. The maximum absolute atomic E-state index is 13.4. The number of aliphatic hydroxyl groups is 2. The molecule has 55 heavy (non-hydrogen) atoms. The molecule has 2 aromatic rings. The molecule has 4 aliphatic rings. The number of hydrogen-bond donors (Lipinski definition) is 2. The molecular formula is C43H58N2O9S. The predicted molar refractivity (Wildman–Crippen MR) is 212 cm³/mol. The summed E-state index contributed by atoms with van der Waals surface area (Å²) >= 11 is 1.75. The van der Waals surface area contributed by atoms with E-state index >= 15 is 0 Å². The second-order valence-corrected chi connectivity index (χ2v) is 15.9. The summed E-state index contributed by atoms with van der Waals surface area (Å²) in [6.45, 7) is 5.56. The van der Waals surface area contributed by atoms with Crippen molar-refractivity contribution in [2.24, 2.45) is 22.9 Å². The number of aliphatic hydroxyl groups excluding tert-OH is 2. The lowest BCUT2D eigenvalue weighted by molar-refractivity contribution is -0.253. The number of nitrogens with zero attached hydrogens (tertiary/aromatic N) is 2. The van der Waals surface area contributed by atoms with E-state index in [2.05, 4.69) is 30.9 Å². The lowest BCUT2D eigenvalue weighted by atomic mass is 9.55. The number of carbonyl (C=O) groups is 1. The number of benzene rings is 2. The van der Waals surface area contributed by atoms with Crippen LogP contribution in [0.3, 0.4) is 0 Å². The van der Waals surface area contributed by atoms with E-state index in [-0.39, 0.29) is 37.6 Å². The molecule has 12 heteroatoms. The van der Waals surface area contributed by atoms with Crippen LogP contribution in [0.5, 0.6) is 11.5 Å². The van der Waals surface area contributed by atoms with Crippen molar-refractivity contribution in [2.75, 3.05) is 52.9 Å². The summed E-state index contributed by atoms with van der Waals surface area (Å²) < 4.78 is 31.7. The zero-order valence-electron chi connectivity index (χ0n) is 32.3. The number of methoxy groups -OCH3 is 1. The first-order valence-electron chi connectivity index (χ1n) is 19.9. The Labute approximate surface area is 330 Å². The summed E-state index contributed by atoms with van der Waals surface area (Å²) in [5.74, 6) is 0.582. The third-order valence-corrected chi connectivity index (χ3v) is 12.3. The number of hydrogen-bond acceptors (Lipinski definition) is 11. The Hall–Kier alpha value is -3.55. The van der Waals surface area contributed by atoms with E-state index in [1.807, 2.05) is 30.3 Å². The molecule has 2 aliphatic heterocycles. The SMILES string of the molecule is C=CCO[C@@]12Oc3ccc(OCCSc4ccccc4)cc3[C@H]3[C@H](CCCCO)[C@@H](CCCCO)C=C(C(=NOC4CCCCO4)C[C@@H]1N(C)C(=O)OC)[C@H]32. The van der Waals surface area contributed by atoms with Crippen molar-refractivity contribution in [1.29, 1.82) is 0 Å². The maximum atomic E-state index is 13.4. The Morgan fingerprint density at radius 2 is 1.89 bits per heavy atom. The highest BCUT2D eigenvalue weighted by Crippen LogP contribution is 2.61. The van der Waals surface area contributed by atoms with Crippen LogP contribution >= 0.6 is 11.8 Å². The van der Waals surface area contributed by atoms with Crippen LogP contribution in [0.4, 0.5) is 4.79 Å². The first-order chi connectivity index (χ1) is 26.9. The number of thioether (sulfide) groups is 1. The van der Waals surface area contributed by atoms with Crippen LogP contribution in [0.1, 0.15) is 75.7 Å². The number of allylic oxidation sites excluding steroid dienone is 1. The zero-order chi connectivity index (χ0) is 38.6. The number of amides is 1. The van der Waals surface area contributed by atoms with Crippen LogP contribution < -0.4 is 9.47 Å². The van der Waals surface area contributed by atoms with E-state index < -0.39 is 30.1 Å². The van der Waals surface area contributed by atoms with Crippen molar-refractivity contribution >= 4 is 23.6 Å². The first kappa shape index (κ1) is 41.1. The van der Waals surface area contributed by atoms with Crippen LogP contribution in [-0.4, -0.2) is 98.0 Å². The van der Waals surface area contributed by atoms with Gasteiger partial charge < -0.3 is 43.6 Å². The molecule has 300 valence electrons. The molecule has 2 fully saturated rings. The van der Waals surface area contributed by atoms with Crippen molar-refractivity contribution in [3.63, 3.8) is 0 Å². The highest BCUT2D eigenvalue weighted by Gasteiger charge is 2.65. The van der Waals surface area contributed by atoms with Gasteiger partial charge >= 0.3 is 6.09 Å². The highest BCUT2D eigenvalue weighted by molar-refractivity contribution is 7.99. The first-order valence-corrected chi connectivity index (χ1v) is 20.9. The maximum Gasteiger partial charge on any atom is 0.409 e. The van der Waals surface area contributed by atoms with Gasteiger partial charge in [-0.15, -0.1) is 18.3 Å². The van der Waals surface area contributed by atoms with Gasteiger partial charge in [0.05, 0.1) is 38.6 Å². The minimum absolute atomic E-state index is 0.114. The molecule has 2 aliphatic carbocycles. The fourth-order valence-corrected chi connectivity index (χ4v) is 9.59. The van der Waals surface area contributed by atoms with Gasteiger partial charge in [-0.25, -0.2) is 4.79 Å². The van der Waals surface area contributed by atoms with E-state index in [4.69, 9.17) is 33.7 Å². The molecule has 1 saturated heterocycles. The fourth-order valence-electron chi connectivity index (χ4n) is 8.84. The molecule has 0 radical (unpaired) electrons. The van der Waals surface area contributed by atoms with Gasteiger partial charge in [-0.1, -0.05) is 48.3 Å². The monoisotopic (exact) mass is 778 g/mol. The number of carbonyl (C=O) groups excluding carboxylic acids is 1. The standard InChI is InChI=1S/C43H58N2O9S/c1-4-23-52-43-38(45(2)42(48)49-3)29-36(44-54-39-18-10-13-24-51-39)34-27-30(14-8-11-21-46)33(17-9-12-22-47)40(41(34)43)35-28-31(19-20-37(35)53-43)50-25-26-55-32-15-6-5-7-16-32/h4-7,15-16,19-20,27-28,30,33,38-41,46-47H,1,8-14,17-18,21-26,29H2,2-3H3/t30-,33+,38-,39?,40+,41+,43+/m0/s1. The summed E-state index contributed by atoms with van der Waals surface area (Å²) in [6.07, 6.45) is 10.9. The third kappa shape index (κ3) is 9.53. The predicted octanol–water partition coefficient (Wildman–Crippen LogP) is 7.72. The van der Waals surface area contributed by atoms with Crippen molar-refractivity contribution < 1.29 is 43.5 Å². The van der Waals surface area contributed by atoms with Crippen LogP contribution in [0.25, 0.3) is 0 Å². The Balaban J connectivity index is 1.47. The van der Waals surface area contributed by atoms with Crippen molar-refractivity contribution in [3.05, 3.63) is 78.4 Å². The summed E-state index contributed by atoms with van der Waals surface area (Å²) in [6, 6.07) is 15.7. The molecule has 2 N–H and O–H groups in total. The van der Waals surface area contributed by atoms with Crippen LogP contribution in [0, 0.1) is 17.8 Å². The molecule has 1 saturated carbocycles. The second-order valence-electron chi connectivity index (χ2n) is 14.8. The molecule has 11 nitrogen and oxygen atoms in total. The minimum Gasteiger partial charge on any atom is -0.493 e. The Kier molecular flexibility index (Phi) is 15.0. The normalized spacial score (nSPS) is 27.6. The third-order valence-electron chi connectivity index (χ3n) is 11.4. The smallest absolute Gasteiger partial charge is 0.409 e. The zero-order valence-corrected chi connectivity index (χ0v) is 33.1. The molecule has 0 spiro atoms. The number of likely N-dealkylation sites (N-methyl/N-ethyl adjacent to an activating group) is 1. The van der Waals surface area contributed by atoms with Crippen LogP contribution in [-0.2, 0) is 19.0 Å². The minimum atomic E-state index is -1.33. The van der Waals surface area contributed by atoms with Gasteiger partial charge in [0.1, 0.15) is 17.5 Å². The van der Waals surface area contributed by atoms with Gasteiger partial charge in [-0.3, -0.25) is 0 Å².